The Morgan fingerprint density at radius 3 is 2.58 bits per heavy atom. The maximum Gasteiger partial charge on any atom is 0.373 e. The number of esters is 1. The molecule has 0 spiro atoms. The van der Waals surface area contributed by atoms with Gasteiger partial charge in [-0.25, -0.2) is 4.79 Å². The summed E-state index contributed by atoms with van der Waals surface area (Å²) >= 11 is 10.7. The highest BCUT2D eigenvalue weighted by Crippen LogP contribution is 2.39. The lowest BCUT2D eigenvalue weighted by Crippen LogP contribution is -2.27. The van der Waals surface area contributed by atoms with Crippen LogP contribution in [0.1, 0.15) is 27.4 Å². The summed E-state index contributed by atoms with van der Waals surface area (Å²) in [5, 5.41) is -0.169. The lowest BCUT2D eigenvalue weighted by molar-refractivity contribution is -0.123. The van der Waals surface area contributed by atoms with Gasteiger partial charge in [-0.2, -0.15) is 0 Å². The minimum absolute atomic E-state index is 0.0146. The molecule has 0 bridgehead atoms. The van der Waals surface area contributed by atoms with E-state index in [2.05, 4.69) is 20.7 Å². The standard InChI is InChI=1S/C25H19BrClNO7S/c1-32-20-10-15(9-18(27)22(20)34-13-14-3-5-16(26)6-4-14)11-21-23(29)28(25(31)36-21)12-17-7-8-19(35-17)24(30)33-2/h3-11H,12-13H2,1-2H3/b21-11+. The monoisotopic (exact) mass is 591 g/mol. The van der Waals surface area contributed by atoms with Crippen molar-refractivity contribution in [3.05, 3.63) is 85.6 Å². The van der Waals surface area contributed by atoms with Gasteiger partial charge in [0.25, 0.3) is 11.1 Å². The number of carbonyl (C=O) groups excluding carboxylic acids is 3. The normalized spacial score (nSPS) is 14.4. The summed E-state index contributed by atoms with van der Waals surface area (Å²) in [5.41, 5.74) is 1.51. The first-order valence-electron chi connectivity index (χ1n) is 10.5. The highest BCUT2D eigenvalue weighted by molar-refractivity contribution is 9.10. The fraction of sp³-hybridized carbons (Fsp3) is 0.160. The average molecular weight is 593 g/mol. The van der Waals surface area contributed by atoms with Crippen LogP contribution in [0, 0.1) is 0 Å². The Labute approximate surface area is 224 Å². The third-order valence-corrected chi connectivity index (χ3v) is 6.80. The summed E-state index contributed by atoms with van der Waals surface area (Å²) in [6, 6.07) is 13.9. The Balaban J connectivity index is 1.50. The summed E-state index contributed by atoms with van der Waals surface area (Å²) < 4.78 is 22.3. The van der Waals surface area contributed by atoms with E-state index in [0.717, 1.165) is 26.7 Å². The van der Waals surface area contributed by atoms with Gasteiger partial charge in [-0.1, -0.05) is 39.7 Å². The van der Waals surface area contributed by atoms with Crippen LogP contribution in [-0.4, -0.2) is 36.2 Å². The molecule has 3 aromatic rings. The van der Waals surface area contributed by atoms with Gasteiger partial charge in [0.05, 0.1) is 30.7 Å². The average Bonchev–Trinajstić information content (AvgIpc) is 3.44. The molecular weight excluding hydrogens is 574 g/mol. The largest absolute Gasteiger partial charge is 0.493 e. The molecule has 1 aliphatic heterocycles. The maximum atomic E-state index is 12.9. The number of furan rings is 1. The molecule has 0 atom stereocenters. The van der Waals surface area contributed by atoms with Crippen molar-refractivity contribution in [1.82, 2.24) is 4.90 Å². The molecule has 186 valence electrons. The Bertz CT molecular complexity index is 1350. The zero-order chi connectivity index (χ0) is 25.8. The number of amides is 2. The van der Waals surface area contributed by atoms with E-state index in [0.29, 0.717) is 22.1 Å². The van der Waals surface area contributed by atoms with Crippen LogP contribution in [0.15, 0.2) is 62.3 Å². The molecule has 0 radical (unpaired) electrons. The van der Waals surface area contributed by atoms with Crippen LogP contribution in [0.5, 0.6) is 11.5 Å². The number of hydrogen-bond donors (Lipinski definition) is 0. The number of hydrogen-bond acceptors (Lipinski definition) is 8. The second-order valence-electron chi connectivity index (χ2n) is 7.47. The second kappa shape index (κ2) is 11.2. The Morgan fingerprint density at radius 1 is 1.14 bits per heavy atom. The molecule has 1 fully saturated rings. The Morgan fingerprint density at radius 2 is 1.89 bits per heavy atom. The van der Waals surface area contributed by atoms with Crippen LogP contribution < -0.4 is 9.47 Å². The van der Waals surface area contributed by atoms with Gasteiger partial charge in [0.2, 0.25) is 5.76 Å². The van der Waals surface area contributed by atoms with Gasteiger partial charge in [0.1, 0.15) is 12.4 Å². The highest BCUT2D eigenvalue weighted by Gasteiger charge is 2.36. The predicted molar refractivity (Wildman–Crippen MR) is 138 cm³/mol. The SMILES string of the molecule is COC(=O)c1ccc(CN2C(=O)S/C(=C/c3cc(Cl)c(OCc4ccc(Br)cc4)c(OC)c3)C2=O)o1. The number of nitrogens with zero attached hydrogens (tertiary/aromatic N) is 1. The Hall–Kier alpha value is -3.21. The molecule has 0 aliphatic carbocycles. The first-order chi connectivity index (χ1) is 17.3. The number of halogens is 2. The van der Waals surface area contributed by atoms with E-state index in [4.69, 9.17) is 25.5 Å². The van der Waals surface area contributed by atoms with Crippen LogP contribution >= 0.6 is 39.3 Å². The molecule has 11 heteroatoms. The molecule has 0 saturated carbocycles. The number of benzene rings is 2. The predicted octanol–water partition coefficient (Wildman–Crippen LogP) is 6.31. The Kier molecular flexibility index (Phi) is 8.07. The van der Waals surface area contributed by atoms with Gasteiger partial charge in [-0.3, -0.25) is 14.5 Å². The van der Waals surface area contributed by atoms with Crippen molar-refractivity contribution in [2.45, 2.75) is 13.2 Å². The van der Waals surface area contributed by atoms with Gasteiger partial charge in [0.15, 0.2) is 11.5 Å². The highest BCUT2D eigenvalue weighted by atomic mass is 79.9. The molecular formula is C25H19BrClNO7S. The first kappa shape index (κ1) is 25.9. The number of carbonyl (C=O) groups is 3. The summed E-state index contributed by atoms with van der Waals surface area (Å²) in [6.07, 6.45) is 1.56. The van der Waals surface area contributed by atoms with Crippen LogP contribution in [-0.2, 0) is 22.7 Å². The molecule has 1 aromatic heterocycles. The minimum Gasteiger partial charge on any atom is -0.493 e. The lowest BCUT2D eigenvalue weighted by atomic mass is 10.1. The smallest absolute Gasteiger partial charge is 0.373 e. The zero-order valence-corrected chi connectivity index (χ0v) is 22.2. The molecule has 0 unspecified atom stereocenters. The molecule has 2 amide bonds. The number of ether oxygens (including phenoxy) is 3. The van der Waals surface area contributed by atoms with Crippen LogP contribution in [0.3, 0.4) is 0 Å². The number of methoxy groups -OCH3 is 2. The summed E-state index contributed by atoms with van der Waals surface area (Å²) in [7, 11) is 2.72. The van der Waals surface area contributed by atoms with E-state index in [-0.39, 0.29) is 29.6 Å². The van der Waals surface area contributed by atoms with Crippen LogP contribution in [0.2, 0.25) is 5.02 Å². The van der Waals surface area contributed by atoms with E-state index < -0.39 is 17.1 Å². The van der Waals surface area contributed by atoms with Crippen molar-refractivity contribution in [1.29, 1.82) is 0 Å². The summed E-state index contributed by atoms with van der Waals surface area (Å²) in [6.45, 7) is 0.165. The van der Waals surface area contributed by atoms with Crippen LogP contribution in [0.4, 0.5) is 4.79 Å². The van der Waals surface area contributed by atoms with E-state index >= 15 is 0 Å². The van der Waals surface area contributed by atoms with Crippen molar-refractivity contribution in [3.63, 3.8) is 0 Å². The zero-order valence-electron chi connectivity index (χ0n) is 19.1. The van der Waals surface area contributed by atoms with E-state index in [1.54, 1.807) is 18.2 Å². The van der Waals surface area contributed by atoms with Gasteiger partial charge >= 0.3 is 5.97 Å². The van der Waals surface area contributed by atoms with Crippen molar-refractivity contribution in [3.8, 4) is 11.5 Å². The van der Waals surface area contributed by atoms with Crippen LogP contribution in [0.25, 0.3) is 6.08 Å². The molecule has 1 aliphatic rings. The maximum absolute atomic E-state index is 12.9. The van der Waals surface area contributed by atoms with Gasteiger partial charge in [-0.15, -0.1) is 0 Å². The van der Waals surface area contributed by atoms with Gasteiger partial charge in [0, 0.05) is 4.47 Å². The topological polar surface area (TPSA) is 95.3 Å². The third kappa shape index (κ3) is 5.77. The van der Waals surface area contributed by atoms with E-state index in [9.17, 15) is 14.4 Å². The molecule has 8 nitrogen and oxygen atoms in total. The molecule has 2 aromatic carbocycles. The number of imide groups is 1. The molecule has 2 heterocycles. The first-order valence-corrected chi connectivity index (χ1v) is 12.4. The number of rotatable bonds is 8. The van der Waals surface area contributed by atoms with Crippen molar-refractivity contribution in [2.24, 2.45) is 0 Å². The van der Waals surface area contributed by atoms with Gasteiger partial charge < -0.3 is 18.6 Å². The minimum atomic E-state index is -0.648. The quantitative estimate of drug-likeness (QED) is 0.222. The van der Waals surface area contributed by atoms with Gasteiger partial charge in [-0.05, 0) is 65.4 Å². The van der Waals surface area contributed by atoms with Crippen molar-refractivity contribution < 1.29 is 33.0 Å². The molecule has 36 heavy (non-hydrogen) atoms. The molecule has 1 saturated heterocycles. The molecule has 0 N–H and O–H groups in total. The van der Waals surface area contributed by atoms with E-state index in [1.165, 1.54) is 26.4 Å². The lowest BCUT2D eigenvalue weighted by Gasteiger charge is -2.14. The summed E-state index contributed by atoms with van der Waals surface area (Å²) in [4.78, 5) is 38.2. The van der Waals surface area contributed by atoms with E-state index in [1.807, 2.05) is 24.3 Å². The summed E-state index contributed by atoms with van der Waals surface area (Å²) in [5.74, 6) is -0.130. The second-order valence-corrected chi connectivity index (χ2v) is 9.79. The number of thioether (sulfide) groups is 1. The van der Waals surface area contributed by atoms with Crippen molar-refractivity contribution >= 4 is 62.5 Å². The van der Waals surface area contributed by atoms with Crippen molar-refractivity contribution in [2.75, 3.05) is 14.2 Å². The fourth-order valence-electron chi connectivity index (χ4n) is 3.32. The third-order valence-electron chi connectivity index (χ3n) is 5.08. The fourth-order valence-corrected chi connectivity index (χ4v) is 4.69. The molecule has 4 rings (SSSR count).